The third kappa shape index (κ3) is 2.69. The molecule has 0 fully saturated rings. The molecule has 0 aliphatic carbocycles. The second-order valence-electron chi connectivity index (χ2n) is 4.93. The zero-order valence-corrected chi connectivity index (χ0v) is 13.2. The molecule has 2 aromatic rings. The Kier molecular flexibility index (Phi) is 3.84. The average Bonchev–Trinajstić information content (AvgIpc) is 2.91. The topological polar surface area (TPSA) is 93.4 Å². The molecule has 3 N–H and O–H groups in total. The Morgan fingerprint density at radius 3 is 2.73 bits per heavy atom. The lowest BCUT2D eigenvalue weighted by Gasteiger charge is -2.17. The van der Waals surface area contributed by atoms with Crippen molar-refractivity contribution in [3.05, 3.63) is 29.8 Å². The lowest BCUT2D eigenvalue weighted by Crippen LogP contribution is -2.22. The van der Waals surface area contributed by atoms with Gasteiger partial charge in [0.2, 0.25) is 5.16 Å². The summed E-state index contributed by atoms with van der Waals surface area (Å²) in [5.74, 6) is 1.83. The van der Waals surface area contributed by atoms with Crippen LogP contribution in [-0.4, -0.2) is 34.2 Å². The van der Waals surface area contributed by atoms with Crippen molar-refractivity contribution in [2.75, 3.05) is 36.0 Å². The molecule has 3 rings (SSSR count). The van der Waals surface area contributed by atoms with Crippen LogP contribution in [0.1, 0.15) is 5.56 Å². The van der Waals surface area contributed by atoms with E-state index in [1.807, 2.05) is 29.2 Å². The van der Waals surface area contributed by atoms with Gasteiger partial charge in [-0.25, -0.2) is 9.97 Å². The second-order valence-corrected chi connectivity index (χ2v) is 6.20. The predicted octanol–water partition coefficient (Wildman–Crippen LogP) is 1.19. The minimum absolute atomic E-state index is 0.250. The van der Waals surface area contributed by atoms with Crippen LogP contribution in [0.15, 0.2) is 29.4 Å². The maximum Gasteiger partial charge on any atom is 0.222 e. The third-order valence-corrected chi connectivity index (χ3v) is 4.13. The number of nitrogens with one attached hydrogen (secondary N) is 1. The molecule has 0 radical (unpaired) electrons. The Bertz CT molecular complexity index is 720. The maximum atomic E-state index is 11.6. The van der Waals surface area contributed by atoms with Gasteiger partial charge in [-0.05, 0) is 17.7 Å². The summed E-state index contributed by atoms with van der Waals surface area (Å²) < 4.78 is 16.8. The number of methoxy groups -OCH3 is 1. The van der Waals surface area contributed by atoms with Crippen LogP contribution in [0.3, 0.4) is 0 Å². The second kappa shape index (κ2) is 5.80. The molecule has 1 aliphatic rings. The number of aromatic nitrogens is 2. The van der Waals surface area contributed by atoms with Crippen molar-refractivity contribution in [2.45, 2.75) is 11.7 Å². The van der Waals surface area contributed by atoms with Crippen LogP contribution in [0.25, 0.3) is 0 Å². The molecule has 8 heteroatoms. The Hall–Kier alpha value is -2.35. The van der Waals surface area contributed by atoms with Gasteiger partial charge in [0.1, 0.15) is 11.4 Å². The van der Waals surface area contributed by atoms with E-state index >= 15 is 0 Å². The van der Waals surface area contributed by atoms with Gasteiger partial charge in [-0.3, -0.25) is 4.21 Å². The summed E-state index contributed by atoms with van der Waals surface area (Å²) in [5.41, 5.74) is 7.73. The molecule has 22 heavy (non-hydrogen) atoms. The molecule has 2 heterocycles. The van der Waals surface area contributed by atoms with Crippen molar-refractivity contribution in [3.8, 4) is 5.75 Å². The van der Waals surface area contributed by atoms with E-state index in [2.05, 4.69) is 15.3 Å². The third-order valence-electron chi connectivity index (χ3n) is 3.43. The van der Waals surface area contributed by atoms with Crippen molar-refractivity contribution in [1.82, 2.24) is 9.97 Å². The molecule has 1 atom stereocenters. The molecular weight excluding hydrogens is 302 g/mol. The van der Waals surface area contributed by atoms with Crippen LogP contribution < -0.4 is 20.7 Å². The van der Waals surface area contributed by atoms with E-state index in [1.165, 1.54) is 6.26 Å². The maximum absolute atomic E-state index is 11.6. The van der Waals surface area contributed by atoms with Crippen LogP contribution in [0, 0.1) is 0 Å². The van der Waals surface area contributed by atoms with E-state index < -0.39 is 10.8 Å². The summed E-state index contributed by atoms with van der Waals surface area (Å²) in [6.07, 6.45) is 1.54. The fraction of sp³-hybridized carbons (Fsp3) is 0.286. The minimum Gasteiger partial charge on any atom is -0.497 e. The number of nitrogens with two attached hydrogens (primary N) is 1. The number of fused-ring (bicyclic) bond motifs is 1. The van der Waals surface area contributed by atoms with Crippen LogP contribution in [0.4, 0.5) is 17.3 Å². The summed E-state index contributed by atoms with van der Waals surface area (Å²) in [4.78, 5) is 10.5. The first-order valence-electron chi connectivity index (χ1n) is 6.71. The van der Waals surface area contributed by atoms with Crippen molar-refractivity contribution in [2.24, 2.45) is 0 Å². The smallest absolute Gasteiger partial charge is 0.222 e. The summed E-state index contributed by atoms with van der Waals surface area (Å²) >= 11 is 0. The fourth-order valence-electron chi connectivity index (χ4n) is 2.30. The highest BCUT2D eigenvalue weighted by Gasteiger charge is 2.25. The lowest BCUT2D eigenvalue weighted by atomic mass is 10.2. The van der Waals surface area contributed by atoms with Gasteiger partial charge in [-0.2, -0.15) is 0 Å². The first-order valence-corrected chi connectivity index (χ1v) is 8.27. The van der Waals surface area contributed by atoms with E-state index in [-0.39, 0.29) is 5.16 Å². The van der Waals surface area contributed by atoms with E-state index in [4.69, 9.17) is 10.5 Å². The SMILES string of the molecule is COc1ccc(CN2CNc3c(N)nc(S(C)=O)nc32)cc1. The molecule has 0 saturated carbocycles. The van der Waals surface area contributed by atoms with Gasteiger partial charge in [-0.15, -0.1) is 0 Å². The zero-order valence-electron chi connectivity index (χ0n) is 12.4. The highest BCUT2D eigenvalue weighted by Crippen LogP contribution is 2.34. The fourth-order valence-corrected chi connectivity index (χ4v) is 2.75. The quantitative estimate of drug-likeness (QED) is 0.818. The number of nitrogen functional groups attached to an aromatic ring is 1. The van der Waals surface area contributed by atoms with Gasteiger partial charge < -0.3 is 20.7 Å². The largest absolute Gasteiger partial charge is 0.497 e. The minimum atomic E-state index is -1.27. The number of rotatable bonds is 4. The molecule has 1 aliphatic heterocycles. The molecule has 0 bridgehead atoms. The van der Waals surface area contributed by atoms with Gasteiger partial charge in [0.05, 0.1) is 24.6 Å². The summed E-state index contributed by atoms with van der Waals surface area (Å²) in [7, 11) is 0.370. The summed E-state index contributed by atoms with van der Waals surface area (Å²) in [6.45, 7) is 1.25. The molecule has 0 amide bonds. The standard InChI is InChI=1S/C14H17N5O2S/c1-21-10-5-3-9(4-6-10)7-19-8-16-11-12(15)17-14(22(2)20)18-13(11)19/h3-6,16H,7-8H2,1-2H3,(H2,15,17,18). The Labute approximate surface area is 131 Å². The first kappa shape index (κ1) is 14.6. The van der Waals surface area contributed by atoms with Crippen molar-refractivity contribution >= 4 is 28.1 Å². The van der Waals surface area contributed by atoms with Crippen LogP contribution >= 0.6 is 0 Å². The Morgan fingerprint density at radius 1 is 1.36 bits per heavy atom. The van der Waals surface area contributed by atoms with E-state index in [0.717, 1.165) is 11.3 Å². The van der Waals surface area contributed by atoms with Gasteiger partial charge >= 0.3 is 0 Å². The number of anilines is 3. The summed E-state index contributed by atoms with van der Waals surface area (Å²) in [6, 6.07) is 7.84. The summed E-state index contributed by atoms with van der Waals surface area (Å²) in [5, 5.41) is 3.43. The van der Waals surface area contributed by atoms with Gasteiger partial charge in [0.25, 0.3) is 0 Å². The monoisotopic (exact) mass is 319 g/mol. The lowest BCUT2D eigenvalue weighted by molar-refractivity contribution is 0.414. The average molecular weight is 319 g/mol. The number of nitrogens with zero attached hydrogens (tertiary/aromatic N) is 3. The molecule has 1 aromatic carbocycles. The highest BCUT2D eigenvalue weighted by molar-refractivity contribution is 7.84. The Balaban J connectivity index is 1.88. The molecule has 7 nitrogen and oxygen atoms in total. The van der Waals surface area contributed by atoms with Crippen LogP contribution in [0.2, 0.25) is 0 Å². The number of benzene rings is 1. The molecular formula is C14H17N5O2S. The first-order chi connectivity index (χ1) is 10.6. The van der Waals surface area contributed by atoms with Crippen molar-refractivity contribution in [3.63, 3.8) is 0 Å². The molecule has 0 spiro atoms. The van der Waals surface area contributed by atoms with Crippen LogP contribution in [0.5, 0.6) is 5.75 Å². The Morgan fingerprint density at radius 2 is 2.09 bits per heavy atom. The highest BCUT2D eigenvalue weighted by atomic mass is 32.2. The van der Waals surface area contributed by atoms with E-state index in [1.54, 1.807) is 7.11 Å². The normalized spacial score (nSPS) is 14.4. The number of hydrogen-bond acceptors (Lipinski definition) is 7. The van der Waals surface area contributed by atoms with Crippen molar-refractivity contribution in [1.29, 1.82) is 0 Å². The van der Waals surface area contributed by atoms with Gasteiger partial charge in [0, 0.05) is 12.8 Å². The van der Waals surface area contributed by atoms with Gasteiger partial charge in [-0.1, -0.05) is 12.1 Å². The van der Waals surface area contributed by atoms with Crippen molar-refractivity contribution < 1.29 is 8.95 Å². The molecule has 0 saturated heterocycles. The molecule has 1 aromatic heterocycles. The van der Waals surface area contributed by atoms with Crippen LogP contribution in [-0.2, 0) is 17.3 Å². The van der Waals surface area contributed by atoms with E-state index in [9.17, 15) is 4.21 Å². The molecule has 1 unspecified atom stereocenters. The number of ether oxygens (including phenoxy) is 1. The predicted molar refractivity (Wildman–Crippen MR) is 86.4 cm³/mol. The zero-order chi connectivity index (χ0) is 15.7. The van der Waals surface area contributed by atoms with Gasteiger partial charge in [0.15, 0.2) is 11.6 Å². The molecule has 116 valence electrons. The number of hydrogen-bond donors (Lipinski definition) is 2. The van der Waals surface area contributed by atoms with E-state index in [0.29, 0.717) is 30.5 Å².